The van der Waals surface area contributed by atoms with Crippen LogP contribution < -0.4 is 5.32 Å². The molecule has 1 aromatic carbocycles. The fourth-order valence-electron chi connectivity index (χ4n) is 2.09. The molecule has 1 aliphatic rings. The highest BCUT2D eigenvalue weighted by Gasteiger charge is 2.19. The van der Waals surface area contributed by atoms with E-state index in [2.05, 4.69) is 25.2 Å². The van der Waals surface area contributed by atoms with Crippen LogP contribution in [0.4, 0.5) is 5.69 Å². The molecule has 0 radical (unpaired) electrons. The molecule has 0 fully saturated rings. The van der Waals surface area contributed by atoms with Gasteiger partial charge in [0.05, 0.1) is 18.4 Å². The van der Waals surface area contributed by atoms with Crippen LogP contribution in [0.3, 0.4) is 0 Å². The molecule has 2 rings (SSSR count). The molecular formula is C14H16N2O. The molecule has 0 aliphatic carbocycles. The summed E-state index contributed by atoms with van der Waals surface area (Å²) in [5.41, 5.74) is 3.10. The van der Waals surface area contributed by atoms with E-state index in [0.717, 1.165) is 23.2 Å². The normalized spacial score (nSPS) is 15.3. The van der Waals surface area contributed by atoms with Crippen LogP contribution in [0.5, 0.6) is 0 Å². The van der Waals surface area contributed by atoms with Gasteiger partial charge in [-0.2, -0.15) is 5.26 Å². The largest absolute Gasteiger partial charge is 0.326 e. The van der Waals surface area contributed by atoms with Gasteiger partial charge in [0.15, 0.2) is 0 Å². The summed E-state index contributed by atoms with van der Waals surface area (Å²) in [6, 6.07) is 8.32. The van der Waals surface area contributed by atoms with Gasteiger partial charge in [0.2, 0.25) is 5.91 Å². The van der Waals surface area contributed by atoms with E-state index in [0.29, 0.717) is 12.3 Å². The Morgan fingerprint density at radius 2 is 2.24 bits per heavy atom. The summed E-state index contributed by atoms with van der Waals surface area (Å²) in [5.74, 6) is 0.448. The van der Waals surface area contributed by atoms with Gasteiger partial charge in [-0.05, 0) is 29.5 Å². The Labute approximate surface area is 101 Å². The number of carbonyl (C=O) groups is 1. The van der Waals surface area contributed by atoms with Gasteiger partial charge in [0.1, 0.15) is 0 Å². The lowest BCUT2D eigenvalue weighted by Crippen LogP contribution is -2.09. The van der Waals surface area contributed by atoms with Gasteiger partial charge >= 0.3 is 0 Å². The number of carbonyl (C=O) groups excluding carboxylic acids is 1. The summed E-state index contributed by atoms with van der Waals surface area (Å²) in [6.45, 7) is 4.12. The molecule has 1 N–H and O–H groups in total. The Morgan fingerprint density at radius 3 is 2.88 bits per heavy atom. The van der Waals surface area contributed by atoms with Crippen LogP contribution >= 0.6 is 0 Å². The van der Waals surface area contributed by atoms with E-state index in [4.69, 9.17) is 5.26 Å². The van der Waals surface area contributed by atoms with E-state index >= 15 is 0 Å². The number of anilines is 1. The highest BCUT2D eigenvalue weighted by molar-refractivity contribution is 5.99. The Balaban J connectivity index is 2.17. The maximum Gasteiger partial charge on any atom is 0.228 e. The summed E-state index contributed by atoms with van der Waals surface area (Å²) in [7, 11) is 0. The first-order valence-electron chi connectivity index (χ1n) is 5.91. The van der Waals surface area contributed by atoms with Crippen molar-refractivity contribution in [2.75, 3.05) is 5.32 Å². The lowest BCUT2D eigenvalue weighted by atomic mass is 9.90. The topological polar surface area (TPSA) is 52.9 Å². The summed E-state index contributed by atoms with van der Waals surface area (Å²) in [5, 5.41) is 11.9. The average molecular weight is 228 g/mol. The molecule has 1 aromatic rings. The van der Waals surface area contributed by atoms with Crippen LogP contribution in [-0.4, -0.2) is 5.91 Å². The minimum atomic E-state index is 0.0399. The van der Waals surface area contributed by atoms with E-state index in [1.807, 2.05) is 18.2 Å². The third kappa shape index (κ3) is 2.47. The molecule has 0 spiro atoms. The van der Waals surface area contributed by atoms with Gasteiger partial charge in [-0.1, -0.05) is 26.0 Å². The van der Waals surface area contributed by atoms with E-state index in [9.17, 15) is 4.79 Å². The van der Waals surface area contributed by atoms with Crippen molar-refractivity contribution in [3.8, 4) is 6.07 Å². The van der Waals surface area contributed by atoms with Crippen molar-refractivity contribution in [3.63, 3.8) is 0 Å². The minimum Gasteiger partial charge on any atom is -0.326 e. The third-order valence-corrected chi connectivity index (χ3v) is 3.22. The van der Waals surface area contributed by atoms with E-state index < -0.39 is 0 Å². The maximum atomic E-state index is 11.2. The molecule has 3 nitrogen and oxygen atoms in total. The van der Waals surface area contributed by atoms with Crippen molar-refractivity contribution >= 4 is 11.6 Å². The van der Waals surface area contributed by atoms with Crippen LogP contribution in [0.15, 0.2) is 18.2 Å². The first-order chi connectivity index (χ1) is 8.10. The van der Waals surface area contributed by atoms with Crippen LogP contribution in [-0.2, 0) is 17.6 Å². The second kappa shape index (κ2) is 4.58. The number of nitrogens with zero attached hydrogens (tertiary/aromatic N) is 1. The molecule has 0 saturated heterocycles. The van der Waals surface area contributed by atoms with Gasteiger partial charge in [0, 0.05) is 5.69 Å². The van der Waals surface area contributed by atoms with Crippen LogP contribution in [0.25, 0.3) is 0 Å². The highest BCUT2D eigenvalue weighted by Crippen LogP contribution is 2.26. The Kier molecular flexibility index (Phi) is 3.14. The predicted octanol–water partition coefficient (Wildman–Crippen LogP) is 2.52. The number of amides is 1. The predicted molar refractivity (Wildman–Crippen MR) is 66.4 cm³/mol. The Morgan fingerprint density at radius 1 is 1.47 bits per heavy atom. The van der Waals surface area contributed by atoms with Crippen molar-refractivity contribution in [1.29, 1.82) is 5.26 Å². The summed E-state index contributed by atoms with van der Waals surface area (Å²) < 4.78 is 0. The zero-order valence-corrected chi connectivity index (χ0v) is 10.2. The summed E-state index contributed by atoms with van der Waals surface area (Å²) in [4.78, 5) is 11.2. The van der Waals surface area contributed by atoms with Gasteiger partial charge in [-0.15, -0.1) is 0 Å². The second-order valence-corrected chi connectivity index (χ2v) is 4.90. The fourth-order valence-corrected chi connectivity index (χ4v) is 2.09. The van der Waals surface area contributed by atoms with Crippen molar-refractivity contribution in [1.82, 2.24) is 0 Å². The third-order valence-electron chi connectivity index (χ3n) is 3.22. The number of benzene rings is 1. The maximum absolute atomic E-state index is 11.2. The standard InChI is InChI=1S/C14H16N2O/c1-9(2)12(8-15)6-10-3-4-13-11(5-10)7-14(17)16-13/h3-5,9,12H,6-7H2,1-2H3,(H,16,17). The van der Waals surface area contributed by atoms with Crippen LogP contribution in [0, 0.1) is 23.2 Å². The van der Waals surface area contributed by atoms with Gasteiger partial charge < -0.3 is 5.32 Å². The lowest BCUT2D eigenvalue weighted by molar-refractivity contribution is -0.115. The zero-order valence-electron chi connectivity index (χ0n) is 10.2. The smallest absolute Gasteiger partial charge is 0.228 e. The lowest BCUT2D eigenvalue weighted by Gasteiger charge is -2.13. The Hall–Kier alpha value is -1.82. The molecule has 1 amide bonds. The first-order valence-corrected chi connectivity index (χ1v) is 5.91. The van der Waals surface area contributed by atoms with Crippen molar-refractivity contribution in [2.45, 2.75) is 26.7 Å². The molecule has 0 aromatic heterocycles. The van der Waals surface area contributed by atoms with E-state index in [1.165, 1.54) is 0 Å². The molecular weight excluding hydrogens is 212 g/mol. The van der Waals surface area contributed by atoms with Crippen LogP contribution in [0.1, 0.15) is 25.0 Å². The molecule has 3 heteroatoms. The van der Waals surface area contributed by atoms with Gasteiger partial charge in [0.25, 0.3) is 0 Å². The zero-order chi connectivity index (χ0) is 12.4. The number of nitrogens with one attached hydrogen (secondary N) is 1. The molecule has 1 atom stereocenters. The number of hydrogen-bond donors (Lipinski definition) is 1. The number of nitriles is 1. The van der Waals surface area contributed by atoms with Gasteiger partial charge in [-0.3, -0.25) is 4.79 Å². The van der Waals surface area contributed by atoms with Crippen molar-refractivity contribution < 1.29 is 4.79 Å². The number of fused-ring (bicyclic) bond motifs is 1. The molecule has 1 heterocycles. The van der Waals surface area contributed by atoms with Gasteiger partial charge in [-0.25, -0.2) is 0 Å². The first kappa shape index (κ1) is 11.7. The van der Waals surface area contributed by atoms with Crippen molar-refractivity contribution in [2.24, 2.45) is 11.8 Å². The van der Waals surface area contributed by atoms with E-state index in [-0.39, 0.29) is 11.8 Å². The number of rotatable bonds is 3. The monoisotopic (exact) mass is 228 g/mol. The molecule has 88 valence electrons. The fraction of sp³-hybridized carbons (Fsp3) is 0.429. The molecule has 1 aliphatic heterocycles. The quantitative estimate of drug-likeness (QED) is 0.864. The highest BCUT2D eigenvalue weighted by atomic mass is 16.1. The molecule has 17 heavy (non-hydrogen) atoms. The summed E-state index contributed by atoms with van der Waals surface area (Å²) in [6.07, 6.45) is 1.22. The molecule has 0 saturated carbocycles. The SMILES string of the molecule is CC(C)C(C#N)Cc1ccc2c(c1)CC(=O)N2. The molecule has 0 bridgehead atoms. The van der Waals surface area contributed by atoms with Crippen molar-refractivity contribution in [3.05, 3.63) is 29.3 Å². The van der Waals surface area contributed by atoms with E-state index in [1.54, 1.807) is 0 Å². The second-order valence-electron chi connectivity index (χ2n) is 4.90. The number of hydrogen-bond acceptors (Lipinski definition) is 2. The Bertz CT molecular complexity index is 485. The average Bonchev–Trinajstić information content (AvgIpc) is 2.64. The summed E-state index contributed by atoms with van der Waals surface area (Å²) >= 11 is 0. The molecule has 1 unspecified atom stereocenters. The minimum absolute atomic E-state index is 0.0399. The van der Waals surface area contributed by atoms with Crippen LogP contribution in [0.2, 0.25) is 0 Å².